The highest BCUT2D eigenvalue weighted by molar-refractivity contribution is 6.17. The smallest absolute Gasteiger partial charge is 0.311 e. The number of allylic oxidation sites excluding steroid dienone is 1. The van der Waals surface area contributed by atoms with Crippen molar-refractivity contribution >= 4 is 23.4 Å². The summed E-state index contributed by atoms with van der Waals surface area (Å²) in [6.07, 6.45) is 3.53. The minimum absolute atomic E-state index is 0.0506. The summed E-state index contributed by atoms with van der Waals surface area (Å²) in [6.45, 7) is 0. The SMILES string of the molecule is O=[N+]([O-])c1cc(C=CCCCl)c(F)cc1O. The van der Waals surface area contributed by atoms with Gasteiger partial charge in [-0.1, -0.05) is 12.2 Å². The van der Waals surface area contributed by atoms with Crippen molar-refractivity contribution in [3.63, 3.8) is 0 Å². The van der Waals surface area contributed by atoms with Crippen LogP contribution < -0.4 is 0 Å². The first-order valence-electron chi connectivity index (χ1n) is 4.45. The molecule has 0 fully saturated rings. The zero-order chi connectivity index (χ0) is 12.1. The molecular formula is C10H9ClFNO3. The molecule has 0 saturated carbocycles. The monoisotopic (exact) mass is 245 g/mol. The topological polar surface area (TPSA) is 63.4 Å². The van der Waals surface area contributed by atoms with Crippen LogP contribution in [0, 0.1) is 15.9 Å². The van der Waals surface area contributed by atoms with Crippen LogP contribution in [0.1, 0.15) is 12.0 Å². The first-order chi connectivity index (χ1) is 7.56. The first kappa shape index (κ1) is 12.4. The lowest BCUT2D eigenvalue weighted by Crippen LogP contribution is -1.92. The summed E-state index contributed by atoms with van der Waals surface area (Å²) in [5.74, 6) is -1.01. The van der Waals surface area contributed by atoms with Crippen LogP contribution in [0.3, 0.4) is 0 Å². The number of phenolic OH excluding ortho intramolecular Hbond substituents is 1. The van der Waals surface area contributed by atoms with E-state index in [4.69, 9.17) is 16.7 Å². The standard InChI is InChI=1S/C10H9ClFNO3/c11-4-2-1-3-7-5-9(13(15)16)10(14)6-8(7)12/h1,3,5-6,14H,2,4H2. The van der Waals surface area contributed by atoms with E-state index in [0.717, 1.165) is 12.1 Å². The van der Waals surface area contributed by atoms with Gasteiger partial charge in [-0.2, -0.15) is 0 Å². The van der Waals surface area contributed by atoms with Crippen molar-refractivity contribution in [2.45, 2.75) is 6.42 Å². The van der Waals surface area contributed by atoms with Gasteiger partial charge in [0.2, 0.25) is 0 Å². The molecule has 0 amide bonds. The Kier molecular flexibility index (Phi) is 4.25. The highest BCUT2D eigenvalue weighted by Gasteiger charge is 2.16. The Bertz CT molecular complexity index is 434. The molecule has 0 aliphatic carbocycles. The van der Waals surface area contributed by atoms with E-state index in [1.165, 1.54) is 6.08 Å². The van der Waals surface area contributed by atoms with E-state index in [1.54, 1.807) is 6.08 Å². The lowest BCUT2D eigenvalue weighted by atomic mass is 10.1. The molecule has 1 N–H and O–H groups in total. The molecule has 0 radical (unpaired) electrons. The molecule has 0 heterocycles. The van der Waals surface area contributed by atoms with Crippen molar-refractivity contribution in [2.24, 2.45) is 0 Å². The normalized spacial score (nSPS) is 10.9. The highest BCUT2D eigenvalue weighted by atomic mass is 35.5. The van der Waals surface area contributed by atoms with Gasteiger partial charge in [-0.05, 0) is 6.42 Å². The van der Waals surface area contributed by atoms with Crippen LogP contribution >= 0.6 is 11.6 Å². The maximum absolute atomic E-state index is 13.3. The largest absolute Gasteiger partial charge is 0.502 e. The van der Waals surface area contributed by atoms with Crippen molar-refractivity contribution in [1.29, 1.82) is 0 Å². The zero-order valence-corrected chi connectivity index (χ0v) is 8.95. The van der Waals surface area contributed by atoms with E-state index in [-0.39, 0.29) is 5.56 Å². The predicted molar refractivity (Wildman–Crippen MR) is 59.1 cm³/mol. The van der Waals surface area contributed by atoms with Crippen molar-refractivity contribution in [1.82, 2.24) is 0 Å². The van der Waals surface area contributed by atoms with Crippen molar-refractivity contribution in [3.8, 4) is 5.75 Å². The molecule has 16 heavy (non-hydrogen) atoms. The minimum Gasteiger partial charge on any atom is -0.502 e. The Hall–Kier alpha value is -1.62. The van der Waals surface area contributed by atoms with E-state index >= 15 is 0 Å². The highest BCUT2D eigenvalue weighted by Crippen LogP contribution is 2.29. The summed E-state index contributed by atoms with van der Waals surface area (Å²) < 4.78 is 13.3. The fraction of sp³-hybridized carbons (Fsp3) is 0.200. The molecule has 6 heteroatoms. The zero-order valence-electron chi connectivity index (χ0n) is 8.19. The fourth-order valence-corrected chi connectivity index (χ4v) is 1.24. The van der Waals surface area contributed by atoms with E-state index in [0.29, 0.717) is 12.3 Å². The molecule has 1 aromatic carbocycles. The number of halogens is 2. The van der Waals surface area contributed by atoms with Crippen LogP contribution in [-0.2, 0) is 0 Å². The van der Waals surface area contributed by atoms with Gasteiger partial charge < -0.3 is 5.11 Å². The Morgan fingerprint density at radius 2 is 2.25 bits per heavy atom. The van der Waals surface area contributed by atoms with Crippen molar-refractivity contribution in [2.75, 3.05) is 5.88 Å². The average Bonchev–Trinajstić information content (AvgIpc) is 2.21. The van der Waals surface area contributed by atoms with Gasteiger partial charge >= 0.3 is 5.69 Å². The van der Waals surface area contributed by atoms with Gasteiger partial charge in [-0.3, -0.25) is 10.1 Å². The van der Waals surface area contributed by atoms with Crippen LogP contribution in [0.5, 0.6) is 5.75 Å². The van der Waals surface area contributed by atoms with Gasteiger partial charge in [0, 0.05) is 23.6 Å². The Balaban J connectivity index is 3.09. The summed E-state index contributed by atoms with van der Waals surface area (Å²) >= 11 is 5.42. The molecule has 0 saturated heterocycles. The summed E-state index contributed by atoms with van der Waals surface area (Å²) in [4.78, 5) is 9.72. The number of rotatable bonds is 4. The van der Waals surface area contributed by atoms with E-state index in [2.05, 4.69) is 0 Å². The van der Waals surface area contributed by atoms with Crippen LogP contribution in [0.25, 0.3) is 6.08 Å². The molecule has 0 aromatic heterocycles. The molecular weight excluding hydrogens is 237 g/mol. The number of hydrogen-bond donors (Lipinski definition) is 1. The number of nitro benzene ring substituents is 1. The number of nitrogens with zero attached hydrogens (tertiary/aromatic N) is 1. The number of hydrogen-bond acceptors (Lipinski definition) is 3. The molecule has 0 aliphatic heterocycles. The molecule has 0 atom stereocenters. The Morgan fingerprint density at radius 3 is 2.81 bits per heavy atom. The molecule has 1 rings (SSSR count). The number of nitro groups is 1. The van der Waals surface area contributed by atoms with Gasteiger partial charge in [0.25, 0.3) is 0 Å². The number of benzene rings is 1. The summed E-state index contributed by atoms with van der Waals surface area (Å²) in [5.41, 5.74) is -0.471. The number of phenols is 1. The second-order valence-corrected chi connectivity index (χ2v) is 3.38. The van der Waals surface area contributed by atoms with Crippen molar-refractivity contribution in [3.05, 3.63) is 39.7 Å². The Labute approximate surface area is 96.1 Å². The summed E-state index contributed by atoms with van der Waals surface area (Å²) in [5, 5.41) is 19.6. The Morgan fingerprint density at radius 1 is 1.56 bits per heavy atom. The van der Waals surface area contributed by atoms with Gasteiger partial charge in [-0.15, -0.1) is 11.6 Å². The molecule has 1 aromatic rings. The van der Waals surface area contributed by atoms with Crippen LogP contribution in [0.15, 0.2) is 18.2 Å². The van der Waals surface area contributed by atoms with Gasteiger partial charge in [0.1, 0.15) is 5.82 Å². The molecule has 86 valence electrons. The second-order valence-electron chi connectivity index (χ2n) is 3.00. The van der Waals surface area contributed by atoms with Crippen LogP contribution in [-0.4, -0.2) is 15.9 Å². The van der Waals surface area contributed by atoms with Gasteiger partial charge in [0.05, 0.1) is 4.92 Å². The van der Waals surface area contributed by atoms with E-state index < -0.39 is 22.2 Å². The molecule has 0 spiro atoms. The third kappa shape index (κ3) is 2.93. The van der Waals surface area contributed by atoms with Crippen LogP contribution in [0.2, 0.25) is 0 Å². The number of alkyl halides is 1. The minimum atomic E-state index is -0.770. The predicted octanol–water partition coefficient (Wildman–Crippen LogP) is 3.08. The van der Waals surface area contributed by atoms with E-state index in [1.807, 2.05) is 0 Å². The maximum Gasteiger partial charge on any atom is 0.311 e. The third-order valence-electron chi connectivity index (χ3n) is 1.86. The first-order valence-corrected chi connectivity index (χ1v) is 4.99. The second kappa shape index (κ2) is 5.46. The van der Waals surface area contributed by atoms with Gasteiger partial charge in [-0.25, -0.2) is 4.39 Å². The van der Waals surface area contributed by atoms with E-state index in [9.17, 15) is 14.5 Å². The average molecular weight is 246 g/mol. The summed E-state index contributed by atoms with van der Waals surface area (Å²) in [6, 6.07) is 1.70. The molecule has 4 nitrogen and oxygen atoms in total. The summed E-state index contributed by atoms with van der Waals surface area (Å²) in [7, 11) is 0. The van der Waals surface area contributed by atoms with Crippen molar-refractivity contribution < 1.29 is 14.4 Å². The molecule has 0 aliphatic rings. The lowest BCUT2D eigenvalue weighted by Gasteiger charge is -2.00. The lowest BCUT2D eigenvalue weighted by molar-refractivity contribution is -0.385. The third-order valence-corrected chi connectivity index (χ3v) is 2.08. The quantitative estimate of drug-likeness (QED) is 0.504. The van der Waals surface area contributed by atoms with Gasteiger partial charge in [0.15, 0.2) is 5.75 Å². The fourth-order valence-electron chi connectivity index (χ4n) is 1.11. The molecule has 0 unspecified atom stereocenters. The number of aromatic hydroxyl groups is 1. The van der Waals surface area contributed by atoms with Crippen LogP contribution in [0.4, 0.5) is 10.1 Å². The molecule has 0 bridgehead atoms. The maximum atomic E-state index is 13.3.